The van der Waals surface area contributed by atoms with Crippen LogP contribution in [0.4, 0.5) is 0 Å². The number of aromatic nitrogens is 1. The van der Waals surface area contributed by atoms with Crippen LogP contribution in [0.25, 0.3) is 16.7 Å². The van der Waals surface area contributed by atoms with Crippen molar-refractivity contribution in [3.8, 4) is 0 Å². The Kier molecular flexibility index (Phi) is 8.06. The van der Waals surface area contributed by atoms with Crippen LogP contribution >= 0.6 is 0 Å². The van der Waals surface area contributed by atoms with E-state index in [2.05, 4.69) is 11.6 Å². The van der Waals surface area contributed by atoms with Gasteiger partial charge in [-0.3, -0.25) is 4.79 Å². The van der Waals surface area contributed by atoms with E-state index in [4.69, 9.17) is 4.74 Å². The Labute approximate surface area is 121 Å². The average molecular weight is 275 g/mol. The summed E-state index contributed by atoms with van der Waals surface area (Å²) < 4.78 is 5.13. The molecule has 0 atom stereocenters. The van der Waals surface area contributed by atoms with Crippen LogP contribution in [-0.2, 0) is 4.74 Å². The monoisotopic (exact) mass is 275 g/mol. The maximum Gasteiger partial charge on any atom is 0.252 e. The predicted molar refractivity (Wildman–Crippen MR) is 88.0 cm³/mol. The summed E-state index contributed by atoms with van der Waals surface area (Å²) in [6.45, 7) is 13.6. The molecule has 3 heteroatoms. The van der Waals surface area contributed by atoms with Crippen molar-refractivity contribution in [2.45, 2.75) is 34.6 Å². The third-order valence-corrected chi connectivity index (χ3v) is 2.69. The zero-order chi connectivity index (χ0) is 15.7. The second kappa shape index (κ2) is 8.97. The van der Waals surface area contributed by atoms with E-state index >= 15 is 0 Å². The summed E-state index contributed by atoms with van der Waals surface area (Å²) in [5, 5.41) is 0.950. The number of ether oxygens (including phenoxy) is 1. The van der Waals surface area contributed by atoms with Gasteiger partial charge in [0.05, 0.1) is 7.11 Å². The molecule has 0 unspecified atom stereocenters. The van der Waals surface area contributed by atoms with Crippen LogP contribution in [0.15, 0.2) is 35.6 Å². The standard InChI is InChI=1S/C13H13NO2.2C2H6/c1-8-12(9(2)16-3)10-6-4-5-7-11(10)14-13(8)15;2*1-2/h4-7H,2H2,1,3H3,(H,14,15);2*1-2H3. The molecule has 20 heavy (non-hydrogen) atoms. The Hall–Kier alpha value is -2.03. The number of rotatable bonds is 2. The molecule has 0 spiro atoms. The van der Waals surface area contributed by atoms with Gasteiger partial charge in [-0.05, 0) is 13.0 Å². The van der Waals surface area contributed by atoms with Gasteiger partial charge in [0.25, 0.3) is 5.56 Å². The summed E-state index contributed by atoms with van der Waals surface area (Å²) in [5.41, 5.74) is 2.10. The SMILES string of the molecule is C=C(OC)c1c(C)c(=O)[nH]c2ccccc12.CC.CC. The molecule has 2 rings (SSSR count). The van der Waals surface area contributed by atoms with Crippen LogP contribution < -0.4 is 5.56 Å². The minimum Gasteiger partial charge on any atom is -0.497 e. The molecule has 0 fully saturated rings. The molecule has 110 valence electrons. The molecule has 0 aliphatic carbocycles. The number of nitrogens with one attached hydrogen (secondary N) is 1. The van der Waals surface area contributed by atoms with E-state index in [0.717, 1.165) is 16.5 Å². The summed E-state index contributed by atoms with van der Waals surface area (Å²) >= 11 is 0. The van der Waals surface area contributed by atoms with E-state index in [0.29, 0.717) is 11.3 Å². The Balaban J connectivity index is 0.000000829. The topological polar surface area (TPSA) is 42.1 Å². The van der Waals surface area contributed by atoms with E-state index in [1.807, 2.05) is 52.0 Å². The number of methoxy groups -OCH3 is 1. The number of pyridine rings is 1. The van der Waals surface area contributed by atoms with Gasteiger partial charge in [0.2, 0.25) is 0 Å². The number of H-pyrrole nitrogens is 1. The first kappa shape index (κ1) is 18.0. The van der Waals surface area contributed by atoms with Gasteiger partial charge in [0, 0.05) is 22.0 Å². The zero-order valence-corrected chi connectivity index (χ0v) is 13.3. The summed E-state index contributed by atoms with van der Waals surface area (Å²) in [6, 6.07) is 7.61. The minimum atomic E-state index is -0.105. The summed E-state index contributed by atoms with van der Waals surface area (Å²) in [6.07, 6.45) is 0. The molecule has 0 saturated heterocycles. The van der Waals surface area contributed by atoms with Gasteiger partial charge in [-0.1, -0.05) is 52.5 Å². The van der Waals surface area contributed by atoms with Crippen molar-refractivity contribution in [1.82, 2.24) is 4.98 Å². The molecule has 1 heterocycles. The summed E-state index contributed by atoms with van der Waals surface area (Å²) in [4.78, 5) is 14.5. The van der Waals surface area contributed by atoms with Gasteiger partial charge in [0.15, 0.2) is 0 Å². The number of hydrogen-bond acceptors (Lipinski definition) is 2. The third-order valence-electron chi connectivity index (χ3n) is 2.69. The average Bonchev–Trinajstić information content (AvgIpc) is 2.52. The number of benzene rings is 1. The maximum atomic E-state index is 11.7. The molecular weight excluding hydrogens is 250 g/mol. The lowest BCUT2D eigenvalue weighted by atomic mass is 10.0. The van der Waals surface area contributed by atoms with Gasteiger partial charge in [0.1, 0.15) is 5.76 Å². The molecule has 3 nitrogen and oxygen atoms in total. The molecule has 0 saturated carbocycles. The fraction of sp³-hybridized carbons (Fsp3) is 0.353. The Morgan fingerprint density at radius 2 is 1.70 bits per heavy atom. The predicted octanol–water partition coefficient (Wildman–Crippen LogP) is 4.51. The highest BCUT2D eigenvalue weighted by atomic mass is 16.5. The molecule has 0 aliphatic heterocycles. The van der Waals surface area contributed by atoms with Crippen molar-refractivity contribution >= 4 is 16.7 Å². The van der Waals surface area contributed by atoms with Gasteiger partial charge in [-0.15, -0.1) is 0 Å². The van der Waals surface area contributed by atoms with Crippen LogP contribution in [-0.4, -0.2) is 12.1 Å². The summed E-state index contributed by atoms with van der Waals surface area (Å²) in [7, 11) is 1.55. The molecule has 0 bridgehead atoms. The first-order valence-electron chi connectivity index (χ1n) is 7.00. The van der Waals surface area contributed by atoms with Crippen LogP contribution in [0, 0.1) is 6.92 Å². The van der Waals surface area contributed by atoms with Crippen molar-refractivity contribution in [1.29, 1.82) is 0 Å². The van der Waals surface area contributed by atoms with Crippen LogP contribution in [0.2, 0.25) is 0 Å². The van der Waals surface area contributed by atoms with E-state index in [9.17, 15) is 4.79 Å². The lowest BCUT2D eigenvalue weighted by Crippen LogP contribution is -2.12. The van der Waals surface area contributed by atoms with Crippen molar-refractivity contribution < 1.29 is 4.74 Å². The van der Waals surface area contributed by atoms with Crippen molar-refractivity contribution in [3.05, 3.63) is 52.3 Å². The lowest BCUT2D eigenvalue weighted by molar-refractivity contribution is 0.371. The molecule has 0 radical (unpaired) electrons. The highest BCUT2D eigenvalue weighted by Crippen LogP contribution is 2.24. The third kappa shape index (κ3) is 3.73. The molecule has 2 aromatic rings. The number of fused-ring (bicyclic) bond motifs is 1. The second-order valence-corrected chi connectivity index (χ2v) is 3.63. The highest BCUT2D eigenvalue weighted by Gasteiger charge is 2.11. The van der Waals surface area contributed by atoms with E-state index in [-0.39, 0.29) is 5.56 Å². The Morgan fingerprint density at radius 3 is 2.25 bits per heavy atom. The maximum absolute atomic E-state index is 11.7. The molecule has 1 aromatic heterocycles. The molecular formula is C17H25NO2. The molecule has 1 aromatic carbocycles. The quantitative estimate of drug-likeness (QED) is 0.819. The van der Waals surface area contributed by atoms with Gasteiger partial charge in [-0.25, -0.2) is 0 Å². The molecule has 0 amide bonds. The second-order valence-electron chi connectivity index (χ2n) is 3.63. The van der Waals surface area contributed by atoms with E-state index in [1.165, 1.54) is 0 Å². The first-order valence-corrected chi connectivity index (χ1v) is 7.00. The zero-order valence-electron chi connectivity index (χ0n) is 13.3. The van der Waals surface area contributed by atoms with E-state index in [1.54, 1.807) is 14.0 Å². The number of aromatic amines is 1. The lowest BCUT2D eigenvalue weighted by Gasteiger charge is -2.10. The fourth-order valence-corrected chi connectivity index (χ4v) is 1.80. The smallest absolute Gasteiger partial charge is 0.252 e. The van der Waals surface area contributed by atoms with Crippen LogP contribution in [0.5, 0.6) is 0 Å². The van der Waals surface area contributed by atoms with Crippen molar-refractivity contribution in [2.75, 3.05) is 7.11 Å². The van der Waals surface area contributed by atoms with Gasteiger partial charge in [-0.2, -0.15) is 0 Å². The van der Waals surface area contributed by atoms with Crippen LogP contribution in [0.1, 0.15) is 38.8 Å². The molecule has 1 N–H and O–H groups in total. The van der Waals surface area contributed by atoms with Crippen molar-refractivity contribution in [3.63, 3.8) is 0 Å². The Morgan fingerprint density at radius 1 is 1.15 bits per heavy atom. The first-order chi connectivity index (χ1) is 9.65. The normalized spacial score (nSPS) is 8.90. The van der Waals surface area contributed by atoms with Crippen molar-refractivity contribution in [2.24, 2.45) is 0 Å². The van der Waals surface area contributed by atoms with Gasteiger partial charge >= 0.3 is 0 Å². The van der Waals surface area contributed by atoms with Crippen LogP contribution in [0.3, 0.4) is 0 Å². The largest absolute Gasteiger partial charge is 0.497 e. The fourth-order valence-electron chi connectivity index (χ4n) is 1.80. The highest BCUT2D eigenvalue weighted by molar-refractivity contribution is 5.90. The number of hydrogen-bond donors (Lipinski definition) is 1. The number of para-hydroxylation sites is 1. The minimum absolute atomic E-state index is 0.105. The summed E-state index contributed by atoms with van der Waals surface area (Å²) in [5.74, 6) is 0.514. The molecule has 0 aliphatic rings. The van der Waals surface area contributed by atoms with E-state index < -0.39 is 0 Å². The van der Waals surface area contributed by atoms with Gasteiger partial charge < -0.3 is 9.72 Å². The Bertz CT molecular complexity index is 612.